The SMILES string of the molecule is CN1C(=O)C(=S)N(Cc2ccc([N+](=O)[O-])cc2)C1=O. The van der Waals surface area contributed by atoms with Crippen LogP contribution in [0.25, 0.3) is 0 Å². The highest BCUT2D eigenvalue weighted by Crippen LogP contribution is 2.18. The Morgan fingerprint density at radius 3 is 2.26 bits per heavy atom. The smallest absolute Gasteiger partial charge is 0.275 e. The molecule has 2 rings (SSSR count). The Hall–Kier alpha value is -2.35. The summed E-state index contributed by atoms with van der Waals surface area (Å²) in [5.41, 5.74) is 0.622. The Kier molecular flexibility index (Phi) is 3.26. The standard InChI is InChI=1S/C11H9N3O4S/c1-12-9(15)10(19)13(11(12)16)6-7-2-4-8(5-3-7)14(17)18/h2-5H,6H2,1H3. The highest BCUT2D eigenvalue weighted by atomic mass is 32.1. The minimum atomic E-state index is -0.512. The number of thiocarbonyl (C=S) groups is 1. The van der Waals surface area contributed by atoms with Gasteiger partial charge in [-0.15, -0.1) is 0 Å². The maximum Gasteiger partial charge on any atom is 0.332 e. The van der Waals surface area contributed by atoms with Crippen LogP contribution in [0.5, 0.6) is 0 Å². The van der Waals surface area contributed by atoms with Gasteiger partial charge in [-0.25, -0.2) is 4.79 Å². The normalized spacial score (nSPS) is 15.3. The van der Waals surface area contributed by atoms with Crippen LogP contribution in [0.3, 0.4) is 0 Å². The maximum atomic E-state index is 11.7. The van der Waals surface area contributed by atoms with Crippen molar-refractivity contribution >= 4 is 34.8 Å². The number of amides is 3. The number of rotatable bonds is 3. The molecule has 98 valence electrons. The molecule has 0 spiro atoms. The fourth-order valence-electron chi connectivity index (χ4n) is 1.66. The monoisotopic (exact) mass is 279 g/mol. The van der Waals surface area contributed by atoms with Crippen molar-refractivity contribution < 1.29 is 14.5 Å². The summed E-state index contributed by atoms with van der Waals surface area (Å²) in [5, 5.41) is 10.5. The number of hydrogen-bond donors (Lipinski definition) is 0. The lowest BCUT2D eigenvalue weighted by molar-refractivity contribution is -0.384. The van der Waals surface area contributed by atoms with Crippen molar-refractivity contribution in [3.63, 3.8) is 0 Å². The van der Waals surface area contributed by atoms with E-state index in [9.17, 15) is 19.7 Å². The van der Waals surface area contributed by atoms with E-state index in [0.717, 1.165) is 4.90 Å². The van der Waals surface area contributed by atoms with Crippen LogP contribution in [0.2, 0.25) is 0 Å². The molecule has 1 heterocycles. The molecule has 0 aromatic heterocycles. The van der Waals surface area contributed by atoms with Gasteiger partial charge < -0.3 is 0 Å². The zero-order chi connectivity index (χ0) is 14.2. The number of hydrogen-bond acceptors (Lipinski definition) is 5. The van der Waals surface area contributed by atoms with E-state index in [-0.39, 0.29) is 17.2 Å². The lowest BCUT2D eigenvalue weighted by Crippen LogP contribution is -2.30. The first-order chi connectivity index (χ1) is 8.91. The first-order valence-electron chi connectivity index (χ1n) is 5.28. The predicted octanol–water partition coefficient (Wildman–Crippen LogP) is 1.32. The molecule has 1 aromatic rings. The summed E-state index contributed by atoms with van der Waals surface area (Å²) in [6.45, 7) is 0.117. The fourth-order valence-corrected chi connectivity index (χ4v) is 1.94. The van der Waals surface area contributed by atoms with E-state index in [2.05, 4.69) is 0 Å². The molecule has 0 atom stereocenters. The second-order valence-corrected chi connectivity index (χ2v) is 4.35. The molecule has 0 saturated carbocycles. The Labute approximate surface area is 113 Å². The van der Waals surface area contributed by atoms with Crippen LogP contribution in [-0.4, -0.2) is 38.7 Å². The highest BCUT2D eigenvalue weighted by Gasteiger charge is 2.38. The van der Waals surface area contributed by atoms with Gasteiger partial charge in [0.15, 0.2) is 4.99 Å². The zero-order valence-corrected chi connectivity index (χ0v) is 10.7. The van der Waals surface area contributed by atoms with Crippen molar-refractivity contribution in [3.05, 3.63) is 39.9 Å². The maximum absolute atomic E-state index is 11.7. The molecule has 0 N–H and O–H groups in total. The van der Waals surface area contributed by atoms with Crippen LogP contribution in [-0.2, 0) is 11.3 Å². The van der Waals surface area contributed by atoms with Gasteiger partial charge in [0.1, 0.15) is 0 Å². The third-order valence-corrected chi connectivity index (χ3v) is 3.13. The summed E-state index contributed by atoms with van der Waals surface area (Å²) < 4.78 is 0. The zero-order valence-electron chi connectivity index (χ0n) is 9.90. The van der Waals surface area contributed by atoms with Gasteiger partial charge in [0, 0.05) is 19.2 Å². The van der Waals surface area contributed by atoms with Crippen LogP contribution in [0.15, 0.2) is 24.3 Å². The van der Waals surface area contributed by atoms with Gasteiger partial charge in [0.2, 0.25) is 0 Å². The average Bonchev–Trinajstić information content (AvgIpc) is 2.57. The largest absolute Gasteiger partial charge is 0.332 e. The van der Waals surface area contributed by atoms with Crippen molar-refractivity contribution in [1.29, 1.82) is 0 Å². The fraction of sp³-hybridized carbons (Fsp3) is 0.182. The highest BCUT2D eigenvalue weighted by molar-refractivity contribution is 7.82. The van der Waals surface area contributed by atoms with Crippen molar-refractivity contribution in [2.24, 2.45) is 0 Å². The van der Waals surface area contributed by atoms with Gasteiger partial charge in [-0.05, 0) is 5.56 Å². The number of nitro benzene ring substituents is 1. The Balaban J connectivity index is 2.18. The average molecular weight is 279 g/mol. The molecule has 1 aliphatic rings. The Morgan fingerprint density at radius 2 is 1.84 bits per heavy atom. The van der Waals surface area contributed by atoms with Crippen LogP contribution >= 0.6 is 12.2 Å². The lowest BCUT2D eigenvalue weighted by atomic mass is 10.2. The number of imide groups is 1. The molecule has 3 amide bonds. The molecule has 0 unspecified atom stereocenters. The predicted molar refractivity (Wildman–Crippen MR) is 69.4 cm³/mol. The molecule has 1 saturated heterocycles. The van der Waals surface area contributed by atoms with Gasteiger partial charge in [-0.1, -0.05) is 24.4 Å². The van der Waals surface area contributed by atoms with Crippen molar-refractivity contribution in [3.8, 4) is 0 Å². The molecule has 1 aliphatic heterocycles. The number of carbonyl (C=O) groups excluding carboxylic acids is 2. The Morgan fingerprint density at radius 1 is 1.26 bits per heavy atom. The molecule has 0 bridgehead atoms. The molecule has 1 aromatic carbocycles. The van der Waals surface area contributed by atoms with Crippen molar-refractivity contribution in [2.75, 3.05) is 7.05 Å². The molecular formula is C11H9N3O4S. The molecule has 19 heavy (non-hydrogen) atoms. The molecular weight excluding hydrogens is 270 g/mol. The van der Waals surface area contributed by atoms with E-state index in [1.165, 1.54) is 36.2 Å². The van der Waals surface area contributed by atoms with E-state index in [1.807, 2.05) is 0 Å². The van der Waals surface area contributed by atoms with Gasteiger partial charge in [0.05, 0.1) is 11.5 Å². The number of likely N-dealkylation sites (N-methyl/N-ethyl adjacent to an activating group) is 1. The van der Waals surface area contributed by atoms with Gasteiger partial charge in [0.25, 0.3) is 11.6 Å². The van der Waals surface area contributed by atoms with Crippen LogP contribution in [0.4, 0.5) is 10.5 Å². The number of non-ortho nitro benzene ring substituents is 1. The van der Waals surface area contributed by atoms with E-state index in [4.69, 9.17) is 12.2 Å². The number of benzene rings is 1. The molecule has 8 heteroatoms. The number of carbonyl (C=O) groups is 2. The summed E-state index contributed by atoms with van der Waals surface area (Å²) in [5.74, 6) is -0.512. The Bertz CT molecular complexity index is 584. The second-order valence-electron chi connectivity index (χ2n) is 3.96. The quantitative estimate of drug-likeness (QED) is 0.360. The molecule has 0 radical (unpaired) electrons. The van der Waals surface area contributed by atoms with Crippen LogP contribution in [0, 0.1) is 10.1 Å². The van der Waals surface area contributed by atoms with E-state index < -0.39 is 16.9 Å². The van der Waals surface area contributed by atoms with Gasteiger partial charge in [-0.3, -0.25) is 24.7 Å². The van der Waals surface area contributed by atoms with Crippen molar-refractivity contribution in [2.45, 2.75) is 6.54 Å². The molecule has 0 aliphatic carbocycles. The summed E-state index contributed by atoms with van der Waals surface area (Å²) in [6.07, 6.45) is 0. The molecule has 1 fully saturated rings. The number of nitrogens with zero attached hydrogens (tertiary/aromatic N) is 3. The number of nitro groups is 1. The molecule has 7 nitrogen and oxygen atoms in total. The minimum absolute atomic E-state index is 0.0349. The van der Waals surface area contributed by atoms with Crippen LogP contribution in [0.1, 0.15) is 5.56 Å². The second kappa shape index (κ2) is 4.73. The lowest BCUT2D eigenvalue weighted by Gasteiger charge is -2.14. The summed E-state index contributed by atoms with van der Waals surface area (Å²) in [7, 11) is 1.35. The number of urea groups is 1. The summed E-state index contributed by atoms with van der Waals surface area (Å²) in [4.78, 5) is 35.3. The third kappa shape index (κ3) is 2.29. The third-order valence-electron chi connectivity index (χ3n) is 2.74. The van der Waals surface area contributed by atoms with Gasteiger partial charge >= 0.3 is 6.03 Å². The van der Waals surface area contributed by atoms with Crippen LogP contribution < -0.4 is 0 Å². The summed E-state index contributed by atoms with van der Waals surface area (Å²) >= 11 is 4.89. The van der Waals surface area contributed by atoms with Crippen molar-refractivity contribution in [1.82, 2.24) is 9.80 Å². The first kappa shape index (κ1) is 13.1. The first-order valence-corrected chi connectivity index (χ1v) is 5.69. The topological polar surface area (TPSA) is 83.8 Å². The summed E-state index contributed by atoms with van der Waals surface area (Å²) in [6, 6.07) is 5.23. The van der Waals surface area contributed by atoms with E-state index in [0.29, 0.717) is 5.56 Å². The van der Waals surface area contributed by atoms with E-state index >= 15 is 0 Å². The van der Waals surface area contributed by atoms with Gasteiger partial charge in [-0.2, -0.15) is 0 Å². The van der Waals surface area contributed by atoms with E-state index in [1.54, 1.807) is 0 Å². The minimum Gasteiger partial charge on any atom is -0.275 e.